The van der Waals surface area contributed by atoms with Gasteiger partial charge in [0.2, 0.25) is 0 Å². The maximum absolute atomic E-state index is 13.6. The van der Waals surface area contributed by atoms with Crippen molar-refractivity contribution in [1.29, 1.82) is 5.26 Å². The maximum atomic E-state index is 13.6. The number of nitrogens with zero attached hydrogens (tertiary/aromatic N) is 5. The molecule has 1 aromatic carbocycles. The summed E-state index contributed by atoms with van der Waals surface area (Å²) in [6.45, 7) is 0.601. The number of hydrogen-bond donors (Lipinski definition) is 1. The molecule has 0 fully saturated rings. The van der Waals surface area contributed by atoms with Crippen molar-refractivity contribution in [2.45, 2.75) is 31.5 Å². The van der Waals surface area contributed by atoms with Gasteiger partial charge in [0.15, 0.2) is 5.82 Å². The van der Waals surface area contributed by atoms with Crippen LogP contribution in [0.2, 0.25) is 0 Å². The Morgan fingerprint density at radius 2 is 1.97 bits per heavy atom. The molecular weight excluding hydrogens is 393 g/mol. The molecule has 0 aliphatic carbocycles. The minimum absolute atomic E-state index is 0.224. The van der Waals surface area contributed by atoms with Crippen molar-refractivity contribution in [1.82, 2.24) is 24.7 Å². The number of alkyl halides is 3. The van der Waals surface area contributed by atoms with E-state index < -0.39 is 17.7 Å². The Balaban J connectivity index is 1.59. The van der Waals surface area contributed by atoms with E-state index in [0.29, 0.717) is 47.9 Å². The van der Waals surface area contributed by atoms with Crippen LogP contribution in [0.4, 0.5) is 13.2 Å². The second-order valence-corrected chi connectivity index (χ2v) is 7.22. The second-order valence-electron chi connectivity index (χ2n) is 7.22. The first-order valence-corrected chi connectivity index (χ1v) is 9.45. The van der Waals surface area contributed by atoms with Gasteiger partial charge in [-0.1, -0.05) is 18.2 Å². The number of nitrogens with one attached hydrogen (secondary N) is 1. The van der Waals surface area contributed by atoms with Gasteiger partial charge in [-0.15, -0.1) is 5.10 Å². The van der Waals surface area contributed by atoms with E-state index in [2.05, 4.69) is 20.1 Å². The Kier molecular flexibility index (Phi) is 4.10. The summed E-state index contributed by atoms with van der Waals surface area (Å²) in [6, 6.07) is 12.8. The third-order valence-corrected chi connectivity index (χ3v) is 5.35. The van der Waals surface area contributed by atoms with E-state index in [9.17, 15) is 13.2 Å². The third-order valence-electron chi connectivity index (χ3n) is 5.35. The maximum Gasteiger partial charge on any atom is 0.416 e. The first kappa shape index (κ1) is 18.4. The van der Waals surface area contributed by atoms with Crippen LogP contribution >= 0.6 is 0 Å². The van der Waals surface area contributed by atoms with Gasteiger partial charge in [0.1, 0.15) is 17.6 Å². The highest BCUT2D eigenvalue weighted by atomic mass is 19.4. The summed E-state index contributed by atoms with van der Waals surface area (Å²) in [5, 5.41) is 13.5. The zero-order valence-electron chi connectivity index (χ0n) is 15.6. The van der Waals surface area contributed by atoms with Crippen LogP contribution in [-0.4, -0.2) is 24.7 Å². The summed E-state index contributed by atoms with van der Waals surface area (Å²) in [6.07, 6.45) is -3.14. The lowest BCUT2D eigenvalue weighted by molar-refractivity contribution is -0.138. The number of pyridine rings is 1. The van der Waals surface area contributed by atoms with E-state index in [1.54, 1.807) is 28.9 Å². The van der Waals surface area contributed by atoms with Crippen LogP contribution in [-0.2, 0) is 12.7 Å². The molecule has 0 radical (unpaired) electrons. The summed E-state index contributed by atoms with van der Waals surface area (Å²) in [5.41, 5.74) is 1.84. The van der Waals surface area contributed by atoms with E-state index >= 15 is 0 Å². The first-order valence-electron chi connectivity index (χ1n) is 9.45. The SMILES string of the molecule is N#Cc1ccc2[nH]c(-c3nc4n(n3)CCCC4c3ccccc3C(F)(F)F)cc2n1. The Labute approximate surface area is 169 Å². The number of aryl methyl sites for hydroxylation is 1. The normalized spacial score (nSPS) is 16.4. The minimum atomic E-state index is -4.43. The smallest absolute Gasteiger partial charge is 0.351 e. The summed E-state index contributed by atoms with van der Waals surface area (Å²) >= 11 is 0. The molecule has 150 valence electrons. The molecule has 1 atom stereocenters. The monoisotopic (exact) mass is 408 g/mol. The molecule has 5 rings (SSSR count). The molecule has 0 spiro atoms. The fourth-order valence-electron chi connectivity index (χ4n) is 4.01. The van der Waals surface area contributed by atoms with Crippen LogP contribution in [0.5, 0.6) is 0 Å². The van der Waals surface area contributed by atoms with Gasteiger partial charge < -0.3 is 4.98 Å². The molecule has 0 saturated heterocycles. The largest absolute Gasteiger partial charge is 0.416 e. The number of halogens is 3. The molecule has 1 aliphatic rings. The summed E-state index contributed by atoms with van der Waals surface area (Å²) < 4.78 is 42.3. The van der Waals surface area contributed by atoms with Crippen molar-refractivity contribution >= 4 is 11.0 Å². The van der Waals surface area contributed by atoms with Gasteiger partial charge in [0.05, 0.1) is 22.3 Å². The number of H-pyrrole nitrogens is 1. The quantitative estimate of drug-likeness (QED) is 0.524. The van der Waals surface area contributed by atoms with Gasteiger partial charge in [-0.25, -0.2) is 14.6 Å². The number of fused-ring (bicyclic) bond motifs is 2. The van der Waals surface area contributed by atoms with Crippen LogP contribution < -0.4 is 0 Å². The fraction of sp³-hybridized carbons (Fsp3) is 0.238. The highest BCUT2D eigenvalue weighted by Gasteiger charge is 2.37. The summed E-state index contributed by atoms with van der Waals surface area (Å²) in [7, 11) is 0. The van der Waals surface area contributed by atoms with Crippen molar-refractivity contribution in [3.05, 3.63) is 65.1 Å². The van der Waals surface area contributed by atoms with Gasteiger partial charge in [0.25, 0.3) is 0 Å². The molecule has 1 aliphatic heterocycles. The Bertz CT molecular complexity index is 1290. The molecule has 3 aromatic heterocycles. The first-order chi connectivity index (χ1) is 14.4. The molecule has 4 heterocycles. The average Bonchev–Trinajstić information content (AvgIpc) is 3.36. The van der Waals surface area contributed by atoms with Gasteiger partial charge >= 0.3 is 6.18 Å². The Morgan fingerprint density at radius 1 is 1.13 bits per heavy atom. The lowest BCUT2D eigenvalue weighted by Crippen LogP contribution is -2.21. The van der Waals surface area contributed by atoms with Crippen LogP contribution in [0.1, 0.15) is 41.4 Å². The molecule has 4 aromatic rings. The van der Waals surface area contributed by atoms with E-state index in [4.69, 9.17) is 5.26 Å². The number of aromatic amines is 1. The highest BCUT2D eigenvalue weighted by Crippen LogP contribution is 2.40. The van der Waals surface area contributed by atoms with Crippen molar-refractivity contribution in [3.8, 4) is 17.6 Å². The molecule has 1 unspecified atom stereocenters. The topological polar surface area (TPSA) is 83.2 Å². The van der Waals surface area contributed by atoms with Crippen molar-refractivity contribution < 1.29 is 13.2 Å². The summed E-state index contributed by atoms with van der Waals surface area (Å²) in [5.74, 6) is 0.445. The van der Waals surface area contributed by atoms with Crippen LogP contribution in [0.25, 0.3) is 22.6 Å². The molecule has 6 nitrogen and oxygen atoms in total. The molecule has 0 saturated carbocycles. The van der Waals surface area contributed by atoms with Gasteiger partial charge in [0, 0.05) is 12.5 Å². The molecule has 9 heteroatoms. The van der Waals surface area contributed by atoms with Crippen LogP contribution in [0, 0.1) is 11.3 Å². The number of benzene rings is 1. The zero-order valence-corrected chi connectivity index (χ0v) is 15.6. The number of nitriles is 1. The lowest BCUT2D eigenvalue weighted by Gasteiger charge is -2.25. The molecule has 30 heavy (non-hydrogen) atoms. The van der Waals surface area contributed by atoms with E-state index in [-0.39, 0.29) is 5.56 Å². The van der Waals surface area contributed by atoms with E-state index in [0.717, 1.165) is 11.6 Å². The second kappa shape index (κ2) is 6.69. The Morgan fingerprint density at radius 3 is 2.77 bits per heavy atom. The highest BCUT2D eigenvalue weighted by molar-refractivity contribution is 5.81. The predicted octanol–water partition coefficient (Wildman–Crippen LogP) is 4.64. The van der Waals surface area contributed by atoms with Gasteiger partial charge in [-0.3, -0.25) is 0 Å². The van der Waals surface area contributed by atoms with Crippen molar-refractivity contribution in [2.75, 3.05) is 0 Å². The fourth-order valence-corrected chi connectivity index (χ4v) is 4.01. The van der Waals surface area contributed by atoms with Gasteiger partial charge in [-0.05, 0) is 42.7 Å². The molecule has 1 N–H and O–H groups in total. The average molecular weight is 408 g/mol. The third kappa shape index (κ3) is 3.01. The zero-order chi connectivity index (χ0) is 20.9. The standard InChI is InChI=1S/C21H15F3N6/c22-21(23,24)15-6-2-1-4-13(15)14-5-3-9-30-20(14)28-19(29-30)18-10-17-16(27-18)8-7-12(11-25)26-17/h1-2,4,6-8,10,14,27H,3,5,9H2. The Hall–Kier alpha value is -3.67. The van der Waals surface area contributed by atoms with E-state index in [1.165, 1.54) is 12.1 Å². The number of aromatic nitrogens is 5. The van der Waals surface area contributed by atoms with Crippen LogP contribution in [0.3, 0.4) is 0 Å². The van der Waals surface area contributed by atoms with Crippen molar-refractivity contribution in [3.63, 3.8) is 0 Å². The molecule has 0 bridgehead atoms. The van der Waals surface area contributed by atoms with Gasteiger partial charge in [-0.2, -0.15) is 18.4 Å². The van der Waals surface area contributed by atoms with Crippen LogP contribution in [0.15, 0.2) is 42.5 Å². The minimum Gasteiger partial charge on any atom is -0.351 e. The predicted molar refractivity (Wildman–Crippen MR) is 102 cm³/mol. The van der Waals surface area contributed by atoms with Crippen molar-refractivity contribution in [2.24, 2.45) is 0 Å². The number of rotatable bonds is 2. The molecule has 0 amide bonds. The molecular formula is C21H15F3N6. The number of hydrogen-bond acceptors (Lipinski definition) is 4. The van der Waals surface area contributed by atoms with E-state index in [1.807, 2.05) is 6.07 Å². The summed E-state index contributed by atoms with van der Waals surface area (Å²) in [4.78, 5) is 12.0. The lowest BCUT2D eigenvalue weighted by atomic mass is 9.88.